The average molecular weight is 355 g/mol. The van der Waals surface area contributed by atoms with Crippen molar-refractivity contribution in [2.45, 2.75) is 13.0 Å². The van der Waals surface area contributed by atoms with Crippen molar-refractivity contribution in [3.63, 3.8) is 0 Å². The van der Waals surface area contributed by atoms with Crippen LogP contribution in [0.2, 0.25) is 0 Å². The Hall–Kier alpha value is -2.24. The Labute approximate surface area is 154 Å². The van der Waals surface area contributed by atoms with E-state index in [1.54, 1.807) is 12.1 Å². The largest absolute Gasteiger partial charge is 0.337 e. The third-order valence-electron chi connectivity index (χ3n) is 4.73. The van der Waals surface area contributed by atoms with Gasteiger partial charge >= 0.3 is 0 Å². The highest BCUT2D eigenvalue weighted by Crippen LogP contribution is 2.10. The molecule has 0 bridgehead atoms. The van der Waals surface area contributed by atoms with E-state index >= 15 is 0 Å². The monoisotopic (exact) mass is 355 g/mol. The van der Waals surface area contributed by atoms with Crippen molar-refractivity contribution in [1.82, 2.24) is 15.1 Å². The van der Waals surface area contributed by atoms with Gasteiger partial charge in [0.1, 0.15) is 5.82 Å². The lowest BCUT2D eigenvalue weighted by Gasteiger charge is -2.30. The molecule has 1 aliphatic heterocycles. The van der Waals surface area contributed by atoms with Gasteiger partial charge < -0.3 is 10.2 Å². The highest BCUT2D eigenvalue weighted by Gasteiger charge is 2.17. The van der Waals surface area contributed by atoms with E-state index in [0.717, 1.165) is 43.9 Å². The van der Waals surface area contributed by atoms with E-state index in [-0.39, 0.29) is 11.7 Å². The van der Waals surface area contributed by atoms with Gasteiger partial charge in [0.05, 0.1) is 6.42 Å². The van der Waals surface area contributed by atoms with Gasteiger partial charge in [0.15, 0.2) is 0 Å². The first kappa shape index (κ1) is 18.5. The van der Waals surface area contributed by atoms with Crippen LogP contribution < -0.4 is 5.32 Å². The molecule has 0 aromatic heterocycles. The summed E-state index contributed by atoms with van der Waals surface area (Å²) in [7, 11) is 0. The normalized spacial score (nSPS) is 15.0. The van der Waals surface area contributed by atoms with E-state index in [1.165, 1.54) is 12.1 Å². The van der Waals surface area contributed by atoms with Crippen molar-refractivity contribution in [2.24, 2.45) is 0 Å². The summed E-state index contributed by atoms with van der Waals surface area (Å²) in [6.07, 6.45) is 0.392. The zero-order valence-corrected chi connectivity index (χ0v) is 15.0. The Balaban J connectivity index is 1.64. The van der Waals surface area contributed by atoms with E-state index in [0.29, 0.717) is 19.5 Å². The van der Waals surface area contributed by atoms with Gasteiger partial charge in [0, 0.05) is 45.8 Å². The van der Waals surface area contributed by atoms with Crippen LogP contribution in [0.1, 0.15) is 11.1 Å². The fourth-order valence-electron chi connectivity index (χ4n) is 3.18. The Bertz CT molecular complexity index is 684. The number of nitrogens with one attached hydrogen (secondary N) is 1. The smallest absolute Gasteiger partial charge is 0.227 e. The van der Waals surface area contributed by atoms with E-state index < -0.39 is 0 Å². The van der Waals surface area contributed by atoms with Crippen LogP contribution in [-0.4, -0.2) is 55.0 Å². The van der Waals surface area contributed by atoms with Crippen molar-refractivity contribution in [1.29, 1.82) is 0 Å². The minimum Gasteiger partial charge on any atom is -0.337 e. The summed E-state index contributed by atoms with van der Waals surface area (Å²) in [4.78, 5) is 17.1. The van der Waals surface area contributed by atoms with Gasteiger partial charge in [-0.1, -0.05) is 42.5 Å². The van der Waals surface area contributed by atoms with Gasteiger partial charge in [-0.15, -0.1) is 0 Å². The van der Waals surface area contributed by atoms with Crippen molar-refractivity contribution >= 4 is 5.91 Å². The molecule has 0 aliphatic carbocycles. The van der Waals surface area contributed by atoms with Crippen molar-refractivity contribution < 1.29 is 9.18 Å². The second-order valence-corrected chi connectivity index (χ2v) is 6.70. The number of benzene rings is 2. The predicted octanol–water partition coefficient (Wildman–Crippen LogP) is 2.30. The number of nitrogens with zero attached hydrogens (tertiary/aromatic N) is 2. The summed E-state index contributed by atoms with van der Waals surface area (Å²) in [6, 6.07) is 16.2. The summed E-state index contributed by atoms with van der Waals surface area (Å²) < 4.78 is 13.2. The molecule has 0 saturated carbocycles. The number of amides is 1. The van der Waals surface area contributed by atoms with Gasteiger partial charge in [-0.05, 0) is 23.3 Å². The van der Waals surface area contributed by atoms with E-state index in [1.807, 2.05) is 35.2 Å². The molecule has 0 radical (unpaired) electrons. The Morgan fingerprint density at radius 1 is 1.00 bits per heavy atom. The average Bonchev–Trinajstić information content (AvgIpc) is 2.68. The summed E-state index contributed by atoms with van der Waals surface area (Å²) in [5, 5.41) is 3.35. The molecule has 3 rings (SSSR count). The van der Waals surface area contributed by atoms with Crippen LogP contribution in [0, 0.1) is 5.82 Å². The molecule has 5 heteroatoms. The Kier molecular flexibility index (Phi) is 6.75. The maximum atomic E-state index is 13.2. The Morgan fingerprint density at radius 3 is 2.38 bits per heavy atom. The minimum absolute atomic E-state index is 0.107. The molecule has 1 heterocycles. The summed E-state index contributed by atoms with van der Waals surface area (Å²) >= 11 is 0. The molecule has 1 aliphatic rings. The number of rotatable bonds is 7. The van der Waals surface area contributed by atoms with Gasteiger partial charge in [0.2, 0.25) is 5.91 Å². The first-order valence-electron chi connectivity index (χ1n) is 9.20. The quantitative estimate of drug-likeness (QED) is 0.828. The fraction of sp³-hybridized carbons (Fsp3) is 0.381. The zero-order chi connectivity index (χ0) is 18.2. The lowest BCUT2D eigenvalue weighted by molar-refractivity contribution is -0.131. The van der Waals surface area contributed by atoms with Crippen molar-refractivity contribution in [3.8, 4) is 0 Å². The molecule has 2 aromatic rings. The molecule has 2 aromatic carbocycles. The first-order valence-corrected chi connectivity index (χ1v) is 9.20. The highest BCUT2D eigenvalue weighted by molar-refractivity contribution is 5.78. The van der Waals surface area contributed by atoms with Crippen LogP contribution in [0.25, 0.3) is 0 Å². The molecule has 26 heavy (non-hydrogen) atoms. The van der Waals surface area contributed by atoms with Gasteiger partial charge in [-0.3, -0.25) is 9.69 Å². The number of carbonyl (C=O) groups excluding carboxylic acids is 1. The standard InChI is InChI=1S/C21H26FN3O/c22-20-8-6-19(7-9-20)17-25(15-14-24-12-10-23-11-13-24)21(26)16-18-4-2-1-3-5-18/h1-9,23H,10-17H2. The molecule has 138 valence electrons. The maximum Gasteiger partial charge on any atom is 0.227 e. The number of piperazine rings is 1. The van der Waals surface area contributed by atoms with Crippen LogP contribution in [-0.2, 0) is 17.8 Å². The van der Waals surface area contributed by atoms with Gasteiger partial charge in [-0.2, -0.15) is 0 Å². The molecule has 0 atom stereocenters. The molecule has 0 spiro atoms. The summed E-state index contributed by atoms with van der Waals surface area (Å²) in [5.74, 6) is -0.146. The van der Waals surface area contributed by atoms with Gasteiger partial charge in [0.25, 0.3) is 0 Å². The third-order valence-corrected chi connectivity index (χ3v) is 4.73. The lowest BCUT2D eigenvalue weighted by Crippen LogP contribution is -2.47. The van der Waals surface area contributed by atoms with Crippen molar-refractivity contribution in [3.05, 3.63) is 71.5 Å². The number of carbonyl (C=O) groups is 1. The topological polar surface area (TPSA) is 35.6 Å². The molecule has 1 fully saturated rings. The highest BCUT2D eigenvalue weighted by atomic mass is 19.1. The molecule has 1 saturated heterocycles. The van der Waals surface area contributed by atoms with Crippen LogP contribution in [0.15, 0.2) is 54.6 Å². The SMILES string of the molecule is O=C(Cc1ccccc1)N(CCN1CCNCC1)Cc1ccc(F)cc1. The number of hydrogen-bond acceptors (Lipinski definition) is 3. The minimum atomic E-state index is -0.253. The molecule has 1 N–H and O–H groups in total. The van der Waals surface area contributed by atoms with Crippen LogP contribution >= 0.6 is 0 Å². The molecular formula is C21H26FN3O. The number of hydrogen-bond donors (Lipinski definition) is 1. The maximum absolute atomic E-state index is 13.2. The van der Waals surface area contributed by atoms with Crippen LogP contribution in [0.5, 0.6) is 0 Å². The Morgan fingerprint density at radius 2 is 1.69 bits per heavy atom. The first-order chi connectivity index (χ1) is 12.7. The molecule has 4 nitrogen and oxygen atoms in total. The van der Waals surface area contributed by atoms with Gasteiger partial charge in [-0.25, -0.2) is 4.39 Å². The van der Waals surface area contributed by atoms with E-state index in [9.17, 15) is 9.18 Å². The zero-order valence-electron chi connectivity index (χ0n) is 15.0. The third kappa shape index (κ3) is 5.64. The molecular weight excluding hydrogens is 329 g/mol. The van der Waals surface area contributed by atoms with E-state index in [4.69, 9.17) is 0 Å². The molecule has 1 amide bonds. The second-order valence-electron chi connectivity index (χ2n) is 6.70. The summed E-state index contributed by atoms with van der Waals surface area (Å²) in [6.45, 7) is 6.07. The van der Waals surface area contributed by atoms with E-state index in [2.05, 4.69) is 10.2 Å². The van der Waals surface area contributed by atoms with Crippen LogP contribution in [0.4, 0.5) is 4.39 Å². The predicted molar refractivity (Wildman–Crippen MR) is 101 cm³/mol. The van der Waals surface area contributed by atoms with Crippen molar-refractivity contribution in [2.75, 3.05) is 39.3 Å². The lowest BCUT2D eigenvalue weighted by atomic mass is 10.1. The molecule has 0 unspecified atom stereocenters. The summed E-state index contributed by atoms with van der Waals surface area (Å²) in [5.41, 5.74) is 1.97. The second kappa shape index (κ2) is 9.46. The number of halogens is 1. The fourth-order valence-corrected chi connectivity index (χ4v) is 3.18. The van der Waals surface area contributed by atoms with Crippen LogP contribution in [0.3, 0.4) is 0 Å².